The molecule has 0 aliphatic carbocycles. The molecule has 36 heavy (non-hydrogen) atoms. The van der Waals surface area contributed by atoms with Crippen molar-refractivity contribution < 1.29 is 53.6 Å². The Kier molecular flexibility index (Phi) is 7.43. The molecule has 0 fully saturated rings. The van der Waals surface area contributed by atoms with Crippen molar-refractivity contribution in [1.82, 2.24) is 4.98 Å². The molecule has 1 aromatic heterocycles. The first-order valence-electron chi connectivity index (χ1n) is 9.29. The molecule has 194 valence electrons. The van der Waals surface area contributed by atoms with E-state index in [1.54, 1.807) is 12.1 Å². The van der Waals surface area contributed by atoms with E-state index in [-0.39, 0.29) is 11.6 Å². The maximum Gasteiger partial charge on any atom is 0.435 e. The lowest BCUT2D eigenvalue weighted by molar-refractivity contribution is -0.681. The predicted molar refractivity (Wildman–Crippen MR) is 109 cm³/mol. The molecule has 2 unspecified atom stereocenters. The lowest BCUT2D eigenvalue weighted by Crippen LogP contribution is -3.05. The number of nitrogens with one attached hydrogen (secondary N) is 1. The summed E-state index contributed by atoms with van der Waals surface area (Å²) in [5.41, 5.74) is -10.0. The maximum atomic E-state index is 14.5. The van der Waals surface area contributed by atoms with E-state index in [4.69, 9.17) is 11.6 Å². The van der Waals surface area contributed by atoms with Crippen LogP contribution in [0.4, 0.5) is 45.2 Å². The molecule has 0 aliphatic rings. The van der Waals surface area contributed by atoms with Crippen molar-refractivity contribution in [3.05, 3.63) is 70.0 Å². The van der Waals surface area contributed by atoms with Crippen molar-refractivity contribution in [2.24, 2.45) is 0 Å². The van der Waals surface area contributed by atoms with Gasteiger partial charge in [-0.25, -0.2) is 13.4 Å². The van der Waals surface area contributed by atoms with Crippen LogP contribution in [0.3, 0.4) is 0 Å². The van der Waals surface area contributed by atoms with Gasteiger partial charge in [0.25, 0.3) is 0 Å². The summed E-state index contributed by atoms with van der Waals surface area (Å²) in [6.07, 6.45) is -12.0. The molecule has 2 aromatic carbocycles. The van der Waals surface area contributed by atoms with Crippen molar-refractivity contribution in [1.29, 1.82) is 0 Å². The predicted octanol–water partition coefficient (Wildman–Crippen LogP) is 5.36. The van der Waals surface area contributed by atoms with Gasteiger partial charge in [0.2, 0.25) is 0 Å². The van der Waals surface area contributed by atoms with Gasteiger partial charge in [-0.1, -0.05) is 23.7 Å². The second kappa shape index (κ2) is 9.61. The summed E-state index contributed by atoms with van der Waals surface area (Å²) in [6.45, 7) is 0. The largest absolute Gasteiger partial charge is 0.621 e. The number of alkyl halides is 9. The summed E-state index contributed by atoms with van der Waals surface area (Å²) in [6, 6.07) is 5.94. The number of amides is 1. The summed E-state index contributed by atoms with van der Waals surface area (Å²) in [7, 11) is -3.78. The lowest BCUT2D eigenvalue weighted by atomic mass is 9.94. The highest BCUT2D eigenvalue weighted by atomic mass is 35.5. The average molecular weight is 565 g/mol. The normalized spacial score (nSPS) is 14.8. The zero-order valence-electron chi connectivity index (χ0n) is 17.1. The smallest absolute Gasteiger partial charge is 0.435 e. The molecule has 0 radical (unpaired) electrons. The highest BCUT2D eigenvalue weighted by molar-refractivity contribution is 7.85. The van der Waals surface area contributed by atoms with E-state index in [0.29, 0.717) is 5.39 Å². The summed E-state index contributed by atoms with van der Waals surface area (Å²) in [5, 5.41) is 10.1. The Bertz CT molecular complexity index is 1330. The summed E-state index contributed by atoms with van der Waals surface area (Å²) in [4.78, 5) is 15.0. The van der Waals surface area contributed by atoms with E-state index < -0.39 is 78.3 Å². The van der Waals surface area contributed by atoms with Crippen molar-refractivity contribution in [2.45, 2.75) is 28.7 Å². The molecular weight excluding hydrogens is 555 g/mol. The summed E-state index contributed by atoms with van der Waals surface area (Å²) < 4.78 is 132. The number of benzene rings is 2. The zero-order valence-corrected chi connectivity index (χ0v) is 18.6. The van der Waals surface area contributed by atoms with E-state index in [1.165, 1.54) is 12.3 Å². The Hall–Kier alpha value is -2.75. The second-order valence-electron chi connectivity index (χ2n) is 7.11. The van der Waals surface area contributed by atoms with Crippen LogP contribution in [0.5, 0.6) is 0 Å². The molecule has 1 N–H and O–H groups in total. The minimum absolute atomic E-state index is 0.201. The van der Waals surface area contributed by atoms with Crippen LogP contribution in [-0.4, -0.2) is 33.2 Å². The molecule has 5 nitrogen and oxygen atoms in total. The van der Waals surface area contributed by atoms with Gasteiger partial charge in [-0.2, -0.15) is 35.1 Å². The number of rotatable bonds is 5. The molecule has 0 aliphatic heterocycles. The van der Waals surface area contributed by atoms with E-state index in [2.05, 4.69) is 4.98 Å². The van der Waals surface area contributed by atoms with Crippen LogP contribution in [0.25, 0.3) is 10.9 Å². The average Bonchev–Trinajstić information content (AvgIpc) is 2.79. The molecule has 0 bridgehead atoms. The summed E-state index contributed by atoms with van der Waals surface area (Å²) >= 11 is 5.64. The fourth-order valence-electron chi connectivity index (χ4n) is 3.20. The Labute approximate surface area is 202 Å². The maximum absolute atomic E-state index is 14.5. The Morgan fingerprint density at radius 1 is 1.00 bits per heavy atom. The van der Waals surface area contributed by atoms with Gasteiger partial charge in [-0.15, -0.1) is 0 Å². The number of aromatic nitrogens is 1. The van der Waals surface area contributed by atoms with Crippen LogP contribution in [-0.2, 0) is 16.5 Å². The number of quaternary nitrogens is 1. The van der Waals surface area contributed by atoms with Crippen molar-refractivity contribution >= 4 is 44.9 Å². The first-order chi connectivity index (χ1) is 16.5. The molecule has 2 atom stereocenters. The van der Waals surface area contributed by atoms with E-state index in [9.17, 15) is 53.7 Å². The molecule has 1 heterocycles. The monoisotopic (exact) mass is 564 g/mol. The van der Waals surface area contributed by atoms with Gasteiger partial charge in [0.15, 0.2) is 5.69 Å². The fraction of sp³-hybridized carbons (Fsp3) is 0.200. The van der Waals surface area contributed by atoms with Gasteiger partial charge in [0, 0.05) is 17.1 Å². The molecule has 0 saturated carbocycles. The van der Waals surface area contributed by atoms with Gasteiger partial charge in [-0.3, -0.25) is 10.0 Å². The van der Waals surface area contributed by atoms with Crippen LogP contribution >= 0.6 is 11.6 Å². The van der Waals surface area contributed by atoms with Gasteiger partial charge in [0.05, 0.1) is 11.1 Å². The van der Waals surface area contributed by atoms with Gasteiger partial charge in [0.1, 0.15) is 20.7 Å². The lowest BCUT2D eigenvalue weighted by Gasteiger charge is -2.31. The molecule has 3 aromatic rings. The molecular formula is C20H10ClF9N2O3S. The number of carbonyl (C=O) groups excluding carboxylic acids is 1. The third-order valence-corrected chi connectivity index (χ3v) is 6.29. The quantitative estimate of drug-likeness (QED) is 0.334. The third-order valence-electron chi connectivity index (χ3n) is 4.91. The number of nitrogens with zero attached hydrogens (tertiary/aromatic N) is 1. The van der Waals surface area contributed by atoms with Crippen LogP contribution in [0.2, 0.25) is 5.02 Å². The van der Waals surface area contributed by atoms with Crippen molar-refractivity contribution in [3.63, 3.8) is 0 Å². The molecule has 0 saturated heterocycles. The minimum atomic E-state index is -6.66. The van der Waals surface area contributed by atoms with Crippen LogP contribution in [0.15, 0.2) is 53.6 Å². The van der Waals surface area contributed by atoms with Gasteiger partial charge < -0.3 is 5.21 Å². The second-order valence-corrected chi connectivity index (χ2v) is 8.91. The van der Waals surface area contributed by atoms with E-state index in [0.717, 1.165) is 12.1 Å². The minimum Gasteiger partial charge on any atom is -0.621 e. The molecule has 0 spiro atoms. The van der Waals surface area contributed by atoms with Gasteiger partial charge in [-0.05, 0) is 30.3 Å². The number of halogens is 10. The number of hydrogen-bond acceptors (Lipinski definition) is 4. The van der Waals surface area contributed by atoms with Gasteiger partial charge >= 0.3 is 29.7 Å². The fourth-order valence-corrected chi connectivity index (χ4v) is 4.40. The topological polar surface area (TPSA) is 74.5 Å². The molecule has 3 rings (SSSR count). The summed E-state index contributed by atoms with van der Waals surface area (Å²) in [5.74, 6) is -5.43. The number of carbonyl (C=O) groups is 1. The number of pyridine rings is 1. The SMILES string of the molecule is O=C(c1ccc2cccnc2c1)[NH+]([O-])c1c(Cl)cc(C(F)(C(F)(F)F)C(F)(F)F)cc1S(=O)C(F)F. The number of fused-ring (bicyclic) bond motifs is 1. The van der Waals surface area contributed by atoms with Crippen molar-refractivity contribution in [3.8, 4) is 0 Å². The van der Waals surface area contributed by atoms with Crippen LogP contribution in [0, 0.1) is 5.21 Å². The zero-order chi connectivity index (χ0) is 27.2. The standard InChI is InChI=1S/C20H10ClF9N2O3S/c21-12-7-11(18(24,19(25,26)27)20(28,29)30)8-14(36(35)17(22)23)15(12)32(34)16(33)10-4-3-9-2-1-5-31-13(9)6-10/h1-8,17,32H. The number of hydroxylamine groups is 1. The van der Waals surface area contributed by atoms with Crippen molar-refractivity contribution in [2.75, 3.05) is 0 Å². The van der Waals surface area contributed by atoms with E-state index in [1.807, 2.05) is 0 Å². The highest BCUT2D eigenvalue weighted by Gasteiger charge is 2.73. The molecule has 16 heteroatoms. The Morgan fingerprint density at radius 3 is 2.17 bits per heavy atom. The van der Waals surface area contributed by atoms with Crippen LogP contribution in [0.1, 0.15) is 15.9 Å². The number of hydrogen-bond donors (Lipinski definition) is 1. The molecule has 1 amide bonds. The first-order valence-corrected chi connectivity index (χ1v) is 10.9. The Balaban J connectivity index is 2.22. The van der Waals surface area contributed by atoms with Crippen LogP contribution < -0.4 is 5.06 Å². The van der Waals surface area contributed by atoms with E-state index >= 15 is 0 Å². The highest BCUT2D eigenvalue weighted by Crippen LogP contribution is 2.54. The Morgan fingerprint density at radius 2 is 1.61 bits per heavy atom. The first kappa shape index (κ1) is 27.8. The third kappa shape index (κ3) is 4.79.